The van der Waals surface area contributed by atoms with Gasteiger partial charge in [-0.05, 0) is 47.5 Å². The zero-order valence-corrected chi connectivity index (χ0v) is 17.3. The molecule has 2 aromatic carbocycles. The van der Waals surface area contributed by atoms with Gasteiger partial charge in [0.2, 0.25) is 5.91 Å². The number of fused-ring (bicyclic) bond motifs is 1. The summed E-state index contributed by atoms with van der Waals surface area (Å²) in [5, 5.41) is 15.6. The molecule has 1 aliphatic heterocycles. The summed E-state index contributed by atoms with van der Waals surface area (Å²) in [6.45, 7) is 6.55. The minimum absolute atomic E-state index is 0.0302. The molecule has 1 saturated heterocycles. The molecule has 0 radical (unpaired) electrons. The fraction of sp³-hybridized carbons (Fsp3) is 0.304. The first-order valence-electron chi connectivity index (χ1n) is 9.86. The van der Waals surface area contributed by atoms with Gasteiger partial charge < -0.3 is 5.32 Å². The van der Waals surface area contributed by atoms with E-state index < -0.39 is 0 Å². The average molecular weight is 405 g/mol. The normalized spacial score (nSPS) is 16.4. The number of nitrogens with one attached hydrogen (secondary N) is 1. The second-order valence-corrected chi connectivity index (χ2v) is 8.34. The summed E-state index contributed by atoms with van der Waals surface area (Å²) in [4.78, 5) is 17.3. The molecule has 1 amide bonds. The van der Waals surface area contributed by atoms with Crippen molar-refractivity contribution in [2.24, 2.45) is 0 Å². The van der Waals surface area contributed by atoms with Crippen molar-refractivity contribution in [3.05, 3.63) is 65.0 Å². The summed E-state index contributed by atoms with van der Waals surface area (Å²) < 4.78 is 1.34. The molecule has 6 heteroatoms. The Morgan fingerprint density at radius 1 is 1.17 bits per heavy atom. The van der Waals surface area contributed by atoms with Gasteiger partial charge >= 0.3 is 0 Å². The van der Waals surface area contributed by atoms with Gasteiger partial charge in [-0.15, -0.1) is 11.3 Å². The molecule has 0 aliphatic carbocycles. The molecule has 1 atom stereocenters. The molecule has 1 aromatic heterocycles. The van der Waals surface area contributed by atoms with E-state index >= 15 is 0 Å². The Morgan fingerprint density at radius 2 is 1.97 bits per heavy atom. The van der Waals surface area contributed by atoms with Gasteiger partial charge in [0, 0.05) is 43.1 Å². The van der Waals surface area contributed by atoms with Crippen LogP contribution in [0.15, 0.2) is 53.9 Å². The third-order valence-corrected chi connectivity index (χ3v) is 6.56. The number of piperazine rings is 1. The van der Waals surface area contributed by atoms with Gasteiger partial charge in [-0.3, -0.25) is 14.6 Å². The highest BCUT2D eigenvalue weighted by molar-refractivity contribution is 7.17. The smallest absolute Gasteiger partial charge is 0.241 e. The van der Waals surface area contributed by atoms with E-state index in [2.05, 4.69) is 50.8 Å². The van der Waals surface area contributed by atoms with Gasteiger partial charge in [-0.25, -0.2) is 0 Å². The van der Waals surface area contributed by atoms with Crippen LogP contribution in [0.5, 0.6) is 0 Å². The first-order valence-corrected chi connectivity index (χ1v) is 10.7. The first-order chi connectivity index (χ1) is 14.1. The molecule has 1 fully saturated rings. The number of rotatable bonds is 5. The highest BCUT2D eigenvalue weighted by atomic mass is 32.1. The van der Waals surface area contributed by atoms with E-state index in [0.717, 1.165) is 32.7 Å². The number of thiophene rings is 1. The summed E-state index contributed by atoms with van der Waals surface area (Å²) in [5.74, 6) is -0.0302. The van der Waals surface area contributed by atoms with Crippen molar-refractivity contribution in [2.75, 3.05) is 31.5 Å². The van der Waals surface area contributed by atoms with Crippen molar-refractivity contribution in [1.29, 1.82) is 5.26 Å². The molecule has 1 N–H and O–H groups in total. The number of carbonyl (C=O) groups excluding carboxylic acids is 1. The number of carbonyl (C=O) groups is 1. The van der Waals surface area contributed by atoms with E-state index in [1.165, 1.54) is 15.6 Å². The Hall–Kier alpha value is -2.72. The molecule has 0 unspecified atom stereocenters. The SMILES string of the molecule is C[C@@H](C(=O)Nc1cccc(C#N)c1)N1CCN(Cc2csc3ccccc23)CC1. The van der Waals surface area contributed by atoms with Crippen molar-refractivity contribution in [1.82, 2.24) is 9.80 Å². The fourth-order valence-corrected chi connectivity index (χ4v) is 4.74. The van der Waals surface area contributed by atoms with Crippen LogP contribution >= 0.6 is 11.3 Å². The molecule has 3 aromatic rings. The Labute approximate surface area is 175 Å². The van der Waals surface area contributed by atoms with Crippen LogP contribution in [0.3, 0.4) is 0 Å². The minimum Gasteiger partial charge on any atom is -0.325 e. The number of hydrogen-bond donors (Lipinski definition) is 1. The summed E-state index contributed by atoms with van der Waals surface area (Å²) in [6.07, 6.45) is 0. The first kappa shape index (κ1) is 19.6. The predicted octanol–water partition coefficient (Wildman–Crippen LogP) is 3.92. The maximum absolute atomic E-state index is 12.6. The van der Waals surface area contributed by atoms with Crippen molar-refractivity contribution >= 4 is 33.0 Å². The second kappa shape index (κ2) is 8.75. The van der Waals surface area contributed by atoms with Crippen LogP contribution in [-0.2, 0) is 11.3 Å². The number of nitriles is 1. The lowest BCUT2D eigenvalue weighted by Gasteiger charge is -2.37. The van der Waals surface area contributed by atoms with Gasteiger partial charge in [-0.1, -0.05) is 24.3 Å². The van der Waals surface area contributed by atoms with Gasteiger partial charge in [-0.2, -0.15) is 5.26 Å². The third-order valence-electron chi connectivity index (χ3n) is 5.55. The highest BCUT2D eigenvalue weighted by Crippen LogP contribution is 2.27. The number of amides is 1. The maximum atomic E-state index is 12.6. The lowest BCUT2D eigenvalue weighted by Crippen LogP contribution is -2.52. The average Bonchev–Trinajstić information content (AvgIpc) is 3.17. The molecular formula is C23H24N4OS. The highest BCUT2D eigenvalue weighted by Gasteiger charge is 2.26. The number of hydrogen-bond acceptors (Lipinski definition) is 5. The number of nitrogens with zero attached hydrogens (tertiary/aromatic N) is 3. The van der Waals surface area contributed by atoms with Gasteiger partial charge in [0.15, 0.2) is 0 Å². The molecule has 0 saturated carbocycles. The van der Waals surface area contributed by atoms with Crippen molar-refractivity contribution < 1.29 is 4.79 Å². The van der Waals surface area contributed by atoms with E-state index in [0.29, 0.717) is 11.3 Å². The molecule has 0 bridgehead atoms. The zero-order valence-electron chi connectivity index (χ0n) is 16.5. The topological polar surface area (TPSA) is 59.4 Å². The fourth-order valence-electron chi connectivity index (χ4n) is 3.78. The lowest BCUT2D eigenvalue weighted by molar-refractivity contribution is -0.121. The molecule has 29 heavy (non-hydrogen) atoms. The molecular weight excluding hydrogens is 380 g/mol. The Balaban J connectivity index is 1.31. The quantitative estimate of drug-likeness (QED) is 0.700. The van der Waals surface area contributed by atoms with Crippen LogP contribution < -0.4 is 5.32 Å². The summed E-state index contributed by atoms with van der Waals surface area (Å²) in [7, 11) is 0. The molecule has 2 heterocycles. The molecule has 4 rings (SSSR count). The van der Waals surface area contributed by atoms with Gasteiger partial charge in [0.05, 0.1) is 17.7 Å². The Kier molecular flexibility index (Phi) is 5.91. The van der Waals surface area contributed by atoms with Crippen molar-refractivity contribution in [2.45, 2.75) is 19.5 Å². The number of anilines is 1. The summed E-state index contributed by atoms with van der Waals surface area (Å²) in [6, 6.07) is 17.5. The van der Waals surface area contributed by atoms with E-state index in [1.807, 2.05) is 13.0 Å². The minimum atomic E-state index is -0.204. The van der Waals surface area contributed by atoms with Gasteiger partial charge in [0.1, 0.15) is 0 Å². The molecule has 0 spiro atoms. The predicted molar refractivity (Wildman–Crippen MR) is 118 cm³/mol. The van der Waals surface area contributed by atoms with Crippen LogP contribution in [0.1, 0.15) is 18.1 Å². The standard InChI is InChI=1S/C23H24N4OS/c1-17(23(28)25-20-6-4-5-18(13-20)14-24)27-11-9-26(10-12-27)15-19-16-29-22-8-3-2-7-21(19)22/h2-8,13,16-17H,9-12,15H2,1H3,(H,25,28)/t17-/m0/s1. The largest absolute Gasteiger partial charge is 0.325 e. The van der Waals surface area contributed by atoms with Crippen LogP contribution in [-0.4, -0.2) is 47.9 Å². The van der Waals surface area contributed by atoms with Gasteiger partial charge in [0.25, 0.3) is 0 Å². The van der Waals surface area contributed by atoms with Crippen LogP contribution in [0.25, 0.3) is 10.1 Å². The van der Waals surface area contributed by atoms with Crippen LogP contribution in [0.2, 0.25) is 0 Å². The monoisotopic (exact) mass is 404 g/mol. The lowest BCUT2D eigenvalue weighted by atomic mass is 10.1. The zero-order chi connectivity index (χ0) is 20.2. The Bertz CT molecular complexity index is 1050. The molecule has 1 aliphatic rings. The van der Waals surface area contributed by atoms with Crippen molar-refractivity contribution in [3.63, 3.8) is 0 Å². The van der Waals surface area contributed by atoms with Crippen LogP contribution in [0, 0.1) is 11.3 Å². The van der Waals surface area contributed by atoms with E-state index in [4.69, 9.17) is 5.26 Å². The Morgan fingerprint density at radius 3 is 2.76 bits per heavy atom. The van der Waals surface area contributed by atoms with E-state index in [-0.39, 0.29) is 11.9 Å². The van der Waals surface area contributed by atoms with E-state index in [1.54, 1.807) is 29.5 Å². The number of benzene rings is 2. The molecule has 5 nitrogen and oxygen atoms in total. The molecule has 148 valence electrons. The summed E-state index contributed by atoms with van der Waals surface area (Å²) in [5.41, 5.74) is 2.61. The van der Waals surface area contributed by atoms with Crippen molar-refractivity contribution in [3.8, 4) is 6.07 Å². The van der Waals surface area contributed by atoms with E-state index in [9.17, 15) is 4.79 Å². The second-order valence-electron chi connectivity index (χ2n) is 7.43. The third kappa shape index (κ3) is 4.48. The van der Waals surface area contributed by atoms with Crippen LogP contribution in [0.4, 0.5) is 5.69 Å². The maximum Gasteiger partial charge on any atom is 0.241 e. The summed E-state index contributed by atoms with van der Waals surface area (Å²) >= 11 is 1.81.